The van der Waals surface area contributed by atoms with E-state index in [2.05, 4.69) is 4.18 Å². The van der Waals surface area contributed by atoms with Gasteiger partial charge < -0.3 is 15.9 Å². The van der Waals surface area contributed by atoms with E-state index in [1.54, 1.807) is 0 Å². The van der Waals surface area contributed by atoms with E-state index in [4.69, 9.17) is 20.5 Å². The highest BCUT2D eigenvalue weighted by Crippen LogP contribution is 2.07. The highest BCUT2D eigenvalue weighted by atomic mass is 32.3. The van der Waals surface area contributed by atoms with Gasteiger partial charge in [-0.25, -0.2) is 4.18 Å². The van der Waals surface area contributed by atoms with E-state index in [9.17, 15) is 18.0 Å². The van der Waals surface area contributed by atoms with Gasteiger partial charge in [0.2, 0.25) is 0 Å². The first-order valence-corrected chi connectivity index (χ1v) is 4.86. The molecule has 0 aliphatic heterocycles. The molecule has 0 aliphatic rings. The minimum atomic E-state index is -4.95. The van der Waals surface area contributed by atoms with Crippen LogP contribution in [0.4, 0.5) is 0 Å². The van der Waals surface area contributed by atoms with Crippen LogP contribution >= 0.6 is 0 Å². The molecule has 5 N–H and O–H groups in total. The van der Waals surface area contributed by atoms with Gasteiger partial charge in [0.1, 0.15) is 12.1 Å². The summed E-state index contributed by atoms with van der Waals surface area (Å²) in [6.07, 6.45) is -2.83. The summed E-state index contributed by atoms with van der Waals surface area (Å²) in [6.45, 7) is 0. The first-order valence-electron chi connectivity index (χ1n) is 3.49. The van der Waals surface area contributed by atoms with Crippen molar-refractivity contribution < 1.29 is 37.0 Å². The lowest BCUT2D eigenvalue weighted by Crippen LogP contribution is -2.45. The summed E-state index contributed by atoms with van der Waals surface area (Å²) >= 11 is 0. The molecule has 0 heterocycles. The Morgan fingerprint density at radius 1 is 1.33 bits per heavy atom. The number of carboxylic acids is 2. The van der Waals surface area contributed by atoms with Crippen LogP contribution in [0, 0.1) is 0 Å². The van der Waals surface area contributed by atoms with Crippen molar-refractivity contribution in [3.63, 3.8) is 0 Å². The van der Waals surface area contributed by atoms with E-state index in [-0.39, 0.29) is 0 Å². The first kappa shape index (κ1) is 13.8. The third-order valence-corrected chi connectivity index (χ3v) is 1.80. The van der Waals surface area contributed by atoms with Crippen LogP contribution in [0.2, 0.25) is 0 Å². The standard InChI is InChI=1S/C5H9NO8S/c6-4(5(9)10)2(1-3(7)8)14-15(11,12)13/h2,4H,1,6H2,(H,7,8)(H,9,10)(H,11,12,13)/t2-,4-/m0/s1. The predicted molar refractivity (Wildman–Crippen MR) is 44.3 cm³/mol. The molecule has 0 aromatic carbocycles. The minimum absolute atomic E-state index is 0.965. The second kappa shape index (κ2) is 5.02. The molecule has 0 aromatic heterocycles. The molecule has 0 radical (unpaired) electrons. The Labute approximate surface area is 84.4 Å². The Morgan fingerprint density at radius 3 is 2.07 bits per heavy atom. The summed E-state index contributed by atoms with van der Waals surface area (Å²) in [4.78, 5) is 20.6. The van der Waals surface area contributed by atoms with Gasteiger partial charge in [0.15, 0.2) is 0 Å². The zero-order valence-electron chi connectivity index (χ0n) is 7.23. The van der Waals surface area contributed by atoms with E-state index in [0.717, 1.165) is 0 Å². The zero-order chi connectivity index (χ0) is 12.2. The second-order valence-electron chi connectivity index (χ2n) is 2.52. The van der Waals surface area contributed by atoms with E-state index in [0.29, 0.717) is 0 Å². The van der Waals surface area contributed by atoms with Crippen molar-refractivity contribution in [2.24, 2.45) is 5.73 Å². The molecule has 88 valence electrons. The molecule has 15 heavy (non-hydrogen) atoms. The molecule has 0 spiro atoms. The van der Waals surface area contributed by atoms with Crippen LogP contribution in [0.5, 0.6) is 0 Å². The van der Waals surface area contributed by atoms with Gasteiger partial charge in [0.25, 0.3) is 0 Å². The third-order valence-electron chi connectivity index (χ3n) is 1.31. The van der Waals surface area contributed by atoms with E-state index >= 15 is 0 Å². The fraction of sp³-hybridized carbons (Fsp3) is 0.600. The maximum Gasteiger partial charge on any atom is 0.397 e. The van der Waals surface area contributed by atoms with Crippen molar-refractivity contribution in [2.75, 3.05) is 0 Å². The maximum absolute atomic E-state index is 10.3. The van der Waals surface area contributed by atoms with Crippen LogP contribution in [0.25, 0.3) is 0 Å². The predicted octanol–water partition coefficient (Wildman–Crippen LogP) is -1.94. The molecular weight excluding hydrogens is 234 g/mol. The molecule has 0 fully saturated rings. The van der Waals surface area contributed by atoms with Crippen molar-refractivity contribution in [1.82, 2.24) is 0 Å². The molecule has 9 nitrogen and oxygen atoms in total. The van der Waals surface area contributed by atoms with E-state index in [1.807, 2.05) is 0 Å². The number of hydrogen-bond donors (Lipinski definition) is 4. The molecular formula is C5H9NO8S. The second-order valence-corrected chi connectivity index (χ2v) is 3.57. The molecule has 0 saturated carbocycles. The number of rotatable bonds is 6. The summed E-state index contributed by atoms with van der Waals surface area (Å²) in [6, 6.07) is -1.87. The third kappa shape index (κ3) is 5.96. The molecule has 0 saturated heterocycles. The van der Waals surface area contributed by atoms with Crippen molar-refractivity contribution in [2.45, 2.75) is 18.6 Å². The number of nitrogens with two attached hydrogens (primary N) is 1. The number of aliphatic carboxylic acids is 2. The molecule has 0 amide bonds. The fourth-order valence-electron chi connectivity index (χ4n) is 0.708. The molecule has 0 aromatic rings. The number of hydrogen-bond acceptors (Lipinski definition) is 6. The lowest BCUT2D eigenvalue weighted by atomic mass is 10.1. The summed E-state index contributed by atoms with van der Waals surface area (Å²) < 4.78 is 32.5. The zero-order valence-corrected chi connectivity index (χ0v) is 8.05. The van der Waals surface area contributed by atoms with Crippen LogP contribution < -0.4 is 5.73 Å². The Balaban J connectivity index is 4.73. The van der Waals surface area contributed by atoms with Crippen molar-refractivity contribution in [3.8, 4) is 0 Å². The topological polar surface area (TPSA) is 164 Å². The molecule has 0 bridgehead atoms. The van der Waals surface area contributed by atoms with Gasteiger partial charge in [-0.2, -0.15) is 8.42 Å². The van der Waals surface area contributed by atoms with Crippen LogP contribution in [0.1, 0.15) is 6.42 Å². The number of carbonyl (C=O) groups is 2. The monoisotopic (exact) mass is 243 g/mol. The van der Waals surface area contributed by atoms with Crippen LogP contribution in [-0.4, -0.2) is 47.3 Å². The van der Waals surface area contributed by atoms with Gasteiger partial charge in [0, 0.05) is 0 Å². The molecule has 10 heteroatoms. The highest BCUT2D eigenvalue weighted by Gasteiger charge is 2.31. The smallest absolute Gasteiger partial charge is 0.397 e. The van der Waals surface area contributed by atoms with Gasteiger partial charge >= 0.3 is 22.3 Å². The molecule has 0 aliphatic carbocycles. The van der Waals surface area contributed by atoms with Gasteiger partial charge in [-0.3, -0.25) is 14.1 Å². The maximum atomic E-state index is 10.3. The average Bonchev–Trinajstić information content (AvgIpc) is 1.97. The fourth-order valence-corrected chi connectivity index (χ4v) is 1.21. The normalized spacial score (nSPS) is 15.6. The van der Waals surface area contributed by atoms with Crippen LogP contribution in [0.15, 0.2) is 0 Å². The average molecular weight is 243 g/mol. The molecule has 0 rings (SSSR count). The van der Waals surface area contributed by atoms with Crippen LogP contribution in [0.3, 0.4) is 0 Å². The summed E-state index contributed by atoms with van der Waals surface area (Å²) in [7, 11) is -4.95. The lowest BCUT2D eigenvalue weighted by molar-refractivity contribution is -0.143. The SMILES string of the molecule is N[C@H](C(=O)O)[C@H](CC(=O)O)OS(=O)(=O)O. The number of carboxylic acid groups (broad SMARTS) is 2. The molecule has 2 atom stereocenters. The van der Waals surface area contributed by atoms with Gasteiger partial charge in [-0.05, 0) is 0 Å². The highest BCUT2D eigenvalue weighted by molar-refractivity contribution is 7.80. The first-order chi connectivity index (χ1) is 6.63. The van der Waals surface area contributed by atoms with Crippen molar-refractivity contribution >= 4 is 22.3 Å². The van der Waals surface area contributed by atoms with Crippen molar-refractivity contribution in [3.05, 3.63) is 0 Å². The summed E-state index contributed by atoms with van der Waals surface area (Å²) in [5.41, 5.74) is 4.95. The molecule has 0 unspecified atom stereocenters. The lowest BCUT2D eigenvalue weighted by Gasteiger charge is -2.16. The van der Waals surface area contributed by atoms with Crippen LogP contribution in [-0.2, 0) is 24.2 Å². The van der Waals surface area contributed by atoms with Gasteiger partial charge in [0.05, 0.1) is 6.42 Å². The van der Waals surface area contributed by atoms with Gasteiger partial charge in [-0.1, -0.05) is 0 Å². The summed E-state index contributed by atoms with van der Waals surface area (Å²) in [5.74, 6) is -3.16. The Bertz CT molecular complexity index is 348. The van der Waals surface area contributed by atoms with E-state index < -0.39 is 40.9 Å². The Hall–Kier alpha value is -1.23. The minimum Gasteiger partial charge on any atom is -0.481 e. The Kier molecular flexibility index (Phi) is 4.61. The summed E-state index contributed by atoms with van der Waals surface area (Å²) in [5, 5.41) is 16.7. The largest absolute Gasteiger partial charge is 0.481 e. The quantitative estimate of drug-likeness (QED) is 0.388. The van der Waals surface area contributed by atoms with Gasteiger partial charge in [-0.15, -0.1) is 0 Å². The van der Waals surface area contributed by atoms with E-state index in [1.165, 1.54) is 0 Å². The van der Waals surface area contributed by atoms with Crippen molar-refractivity contribution in [1.29, 1.82) is 0 Å². The Morgan fingerprint density at radius 2 is 1.80 bits per heavy atom.